The molecule has 0 unspecified atom stereocenters. The van der Waals surface area contributed by atoms with E-state index in [1.165, 1.54) is 43.8 Å². The third-order valence-electron chi connectivity index (χ3n) is 5.56. The monoisotopic (exact) mass is 354 g/mol. The molecular weight excluding hydrogens is 324 g/mol. The van der Waals surface area contributed by atoms with Crippen molar-refractivity contribution in [3.8, 4) is 0 Å². The molecule has 0 aromatic carbocycles. The van der Waals surface area contributed by atoms with Crippen molar-refractivity contribution in [2.24, 2.45) is 0 Å². The average Bonchev–Trinajstić information content (AvgIpc) is 2.90. The summed E-state index contributed by atoms with van der Waals surface area (Å²) in [6, 6.07) is 2.04. The van der Waals surface area contributed by atoms with Crippen molar-refractivity contribution in [1.29, 1.82) is 0 Å². The molecule has 0 bridgehead atoms. The van der Waals surface area contributed by atoms with Gasteiger partial charge in [0.25, 0.3) is 0 Å². The molecule has 2 aromatic heterocycles. The smallest absolute Gasteiger partial charge is 0.137 e. The summed E-state index contributed by atoms with van der Waals surface area (Å²) < 4.78 is 2.40. The Hall–Kier alpha value is -1.98. The largest absolute Gasteiger partial charge is 0.356 e. The zero-order chi connectivity index (χ0) is 18.1. The maximum Gasteiger partial charge on any atom is 0.137 e. The first-order valence-electron chi connectivity index (χ1n) is 10.0. The summed E-state index contributed by atoms with van der Waals surface area (Å²) in [7, 11) is 0. The van der Waals surface area contributed by atoms with Crippen LogP contribution in [0.5, 0.6) is 0 Å². The molecule has 0 spiro atoms. The summed E-state index contributed by atoms with van der Waals surface area (Å²) in [4.78, 5) is 11.7. The lowest BCUT2D eigenvalue weighted by Crippen LogP contribution is -2.36. The Kier molecular flexibility index (Phi) is 4.67. The van der Waals surface area contributed by atoms with Crippen LogP contribution in [0.25, 0.3) is 0 Å². The lowest BCUT2D eigenvalue weighted by atomic mass is 9.95. The number of nitrogens with zero attached hydrogens (tertiary/aromatic N) is 6. The second kappa shape index (κ2) is 6.97. The fourth-order valence-corrected chi connectivity index (χ4v) is 4.09. The molecule has 1 fully saturated rings. The summed E-state index contributed by atoms with van der Waals surface area (Å²) >= 11 is 0. The minimum Gasteiger partial charge on any atom is -0.356 e. The van der Waals surface area contributed by atoms with Gasteiger partial charge in [0.1, 0.15) is 23.3 Å². The quantitative estimate of drug-likeness (QED) is 0.826. The zero-order valence-electron chi connectivity index (χ0n) is 16.3. The molecule has 1 saturated heterocycles. The van der Waals surface area contributed by atoms with Crippen LogP contribution in [0.4, 0.5) is 5.82 Å². The van der Waals surface area contributed by atoms with Crippen LogP contribution in [0.3, 0.4) is 0 Å². The maximum atomic E-state index is 4.86. The van der Waals surface area contributed by atoms with Gasteiger partial charge in [-0.3, -0.25) is 0 Å². The van der Waals surface area contributed by atoms with Crippen LogP contribution >= 0.6 is 0 Å². The number of anilines is 1. The molecule has 6 nitrogen and oxygen atoms in total. The number of hydrogen-bond donors (Lipinski definition) is 0. The van der Waals surface area contributed by atoms with Crippen LogP contribution in [-0.2, 0) is 18.4 Å². The normalized spacial score (nSPS) is 21.3. The first kappa shape index (κ1) is 17.4. The zero-order valence-corrected chi connectivity index (χ0v) is 16.3. The number of fused-ring (bicyclic) bond motifs is 1. The number of hydrogen-bond acceptors (Lipinski definition) is 5. The highest BCUT2D eigenvalue weighted by atomic mass is 15.3. The standard InChI is InChI=1S/C20H30N6/c1-20(2,3)19-21-11-10-16(22-19)25-12-7-8-15(14-25)18-24-23-17-9-5-4-6-13-26(17)18/h10-11,15H,4-9,12-14H2,1-3H3/t15-/m1/s1. The van der Waals surface area contributed by atoms with E-state index in [1.54, 1.807) is 0 Å². The van der Waals surface area contributed by atoms with Crippen molar-refractivity contribution in [2.45, 2.75) is 77.2 Å². The van der Waals surface area contributed by atoms with Gasteiger partial charge < -0.3 is 9.47 Å². The second-order valence-electron chi connectivity index (χ2n) is 8.71. The van der Waals surface area contributed by atoms with E-state index >= 15 is 0 Å². The molecule has 2 aliphatic rings. The number of aryl methyl sites for hydroxylation is 1. The molecule has 0 N–H and O–H groups in total. The summed E-state index contributed by atoms with van der Waals surface area (Å²) in [5, 5.41) is 9.11. The fourth-order valence-electron chi connectivity index (χ4n) is 4.09. The predicted molar refractivity (Wildman–Crippen MR) is 102 cm³/mol. The first-order chi connectivity index (χ1) is 12.5. The lowest BCUT2D eigenvalue weighted by molar-refractivity contribution is 0.461. The van der Waals surface area contributed by atoms with Crippen molar-refractivity contribution in [3.63, 3.8) is 0 Å². The summed E-state index contributed by atoms with van der Waals surface area (Å²) in [6.45, 7) is 9.59. The van der Waals surface area contributed by atoms with Crippen molar-refractivity contribution in [2.75, 3.05) is 18.0 Å². The molecule has 0 amide bonds. The molecule has 26 heavy (non-hydrogen) atoms. The molecule has 1 atom stereocenters. The summed E-state index contributed by atoms with van der Waals surface area (Å²) in [5.74, 6) is 4.78. The van der Waals surface area contributed by atoms with Crippen LogP contribution in [0.15, 0.2) is 12.3 Å². The van der Waals surface area contributed by atoms with Crippen molar-refractivity contribution in [3.05, 3.63) is 29.7 Å². The van der Waals surface area contributed by atoms with Crippen LogP contribution in [-0.4, -0.2) is 37.8 Å². The SMILES string of the molecule is CC(C)(C)c1nccc(N2CCC[C@@H](c3nnc4n3CCCCC4)C2)n1. The molecule has 2 aromatic rings. The van der Waals surface area contributed by atoms with Gasteiger partial charge in [0.05, 0.1) is 0 Å². The van der Waals surface area contributed by atoms with Crippen molar-refractivity contribution < 1.29 is 0 Å². The third-order valence-corrected chi connectivity index (χ3v) is 5.56. The molecular formula is C20H30N6. The average molecular weight is 355 g/mol. The van der Waals surface area contributed by atoms with E-state index in [9.17, 15) is 0 Å². The topological polar surface area (TPSA) is 59.7 Å². The van der Waals surface area contributed by atoms with Gasteiger partial charge in [-0.2, -0.15) is 0 Å². The van der Waals surface area contributed by atoms with Gasteiger partial charge in [0, 0.05) is 43.6 Å². The predicted octanol–water partition coefficient (Wildman–Crippen LogP) is 3.48. The van der Waals surface area contributed by atoms with Gasteiger partial charge in [-0.25, -0.2) is 9.97 Å². The van der Waals surface area contributed by atoms with E-state index in [1.807, 2.05) is 12.3 Å². The van der Waals surface area contributed by atoms with Crippen molar-refractivity contribution >= 4 is 5.82 Å². The fraction of sp³-hybridized carbons (Fsp3) is 0.700. The Bertz CT molecular complexity index is 760. The van der Waals surface area contributed by atoms with Crippen molar-refractivity contribution in [1.82, 2.24) is 24.7 Å². The minimum atomic E-state index is -0.0322. The van der Waals surface area contributed by atoms with Crippen LogP contribution in [0, 0.1) is 0 Å². The lowest BCUT2D eigenvalue weighted by Gasteiger charge is -2.33. The van der Waals surface area contributed by atoms with Gasteiger partial charge in [-0.05, 0) is 31.7 Å². The molecule has 4 rings (SSSR count). The molecule has 4 heterocycles. The van der Waals surface area contributed by atoms with E-state index < -0.39 is 0 Å². The molecule has 140 valence electrons. The summed E-state index contributed by atoms with van der Waals surface area (Å²) in [6.07, 6.45) is 9.12. The Morgan fingerprint density at radius 1 is 1.04 bits per heavy atom. The van der Waals surface area contributed by atoms with Gasteiger partial charge in [0.2, 0.25) is 0 Å². The molecule has 0 aliphatic carbocycles. The van der Waals surface area contributed by atoms with E-state index in [4.69, 9.17) is 4.98 Å². The van der Waals surface area contributed by atoms with Crippen LogP contribution in [0.1, 0.15) is 76.3 Å². The van der Waals surface area contributed by atoms with Gasteiger partial charge >= 0.3 is 0 Å². The Balaban J connectivity index is 1.56. The highest BCUT2D eigenvalue weighted by Gasteiger charge is 2.28. The molecule has 6 heteroatoms. The van der Waals surface area contributed by atoms with E-state index in [0.717, 1.165) is 37.7 Å². The molecule has 2 aliphatic heterocycles. The first-order valence-corrected chi connectivity index (χ1v) is 10.0. The molecule has 0 radical (unpaired) electrons. The van der Waals surface area contributed by atoms with Gasteiger partial charge in [-0.1, -0.05) is 27.2 Å². The highest BCUT2D eigenvalue weighted by Crippen LogP contribution is 2.30. The Morgan fingerprint density at radius 2 is 1.92 bits per heavy atom. The molecule has 0 saturated carbocycles. The summed E-state index contributed by atoms with van der Waals surface area (Å²) in [5.41, 5.74) is -0.0322. The van der Waals surface area contributed by atoms with Crippen LogP contribution < -0.4 is 4.90 Å². The van der Waals surface area contributed by atoms with E-state index in [2.05, 4.69) is 45.4 Å². The van der Waals surface area contributed by atoms with Gasteiger partial charge in [0.15, 0.2) is 0 Å². The highest BCUT2D eigenvalue weighted by molar-refractivity contribution is 5.39. The van der Waals surface area contributed by atoms with Crippen LogP contribution in [0.2, 0.25) is 0 Å². The number of aromatic nitrogens is 5. The van der Waals surface area contributed by atoms with E-state index in [-0.39, 0.29) is 5.41 Å². The maximum absolute atomic E-state index is 4.86. The Morgan fingerprint density at radius 3 is 2.77 bits per heavy atom. The second-order valence-corrected chi connectivity index (χ2v) is 8.71. The Labute approximate surface area is 156 Å². The number of piperidine rings is 1. The number of rotatable bonds is 2. The van der Waals surface area contributed by atoms with Gasteiger partial charge in [-0.15, -0.1) is 10.2 Å². The van der Waals surface area contributed by atoms with E-state index in [0.29, 0.717) is 5.92 Å². The minimum absolute atomic E-state index is 0.0322. The third kappa shape index (κ3) is 3.46.